The van der Waals surface area contributed by atoms with E-state index >= 15 is 0 Å². The minimum Gasteiger partial charge on any atom is -0.490 e. The Morgan fingerprint density at radius 1 is 1.24 bits per heavy atom. The average Bonchev–Trinajstić information content (AvgIpc) is 2.51. The molecule has 1 heterocycles. The Bertz CT molecular complexity index is 576. The summed E-state index contributed by atoms with van der Waals surface area (Å²) in [4.78, 5) is 4.09. The lowest BCUT2D eigenvalue weighted by Crippen LogP contribution is -2.06. The van der Waals surface area contributed by atoms with Gasteiger partial charge in [-0.3, -0.25) is 4.98 Å². The maximum absolute atomic E-state index is 5.88. The highest BCUT2D eigenvalue weighted by atomic mass is 79.9. The highest BCUT2D eigenvalue weighted by molar-refractivity contribution is 9.10. The Morgan fingerprint density at radius 3 is 2.76 bits per heavy atom. The molecular formula is C16H19BrN2O2. The molecule has 0 fully saturated rings. The van der Waals surface area contributed by atoms with Gasteiger partial charge in [-0.05, 0) is 52.2 Å². The fourth-order valence-electron chi connectivity index (χ4n) is 1.96. The van der Waals surface area contributed by atoms with Gasteiger partial charge in [-0.1, -0.05) is 6.07 Å². The van der Waals surface area contributed by atoms with Gasteiger partial charge in [0.1, 0.15) is 0 Å². The van der Waals surface area contributed by atoms with Crippen LogP contribution in [0.25, 0.3) is 0 Å². The van der Waals surface area contributed by atoms with Crippen molar-refractivity contribution >= 4 is 15.9 Å². The maximum Gasteiger partial charge on any atom is 0.175 e. The lowest BCUT2D eigenvalue weighted by molar-refractivity contribution is 0.277. The molecule has 5 heteroatoms. The summed E-state index contributed by atoms with van der Waals surface area (Å²) < 4.78 is 12.4. The number of pyridine rings is 1. The monoisotopic (exact) mass is 350 g/mol. The number of nitrogens with zero attached hydrogens (tertiary/aromatic N) is 1. The number of halogens is 1. The van der Waals surface area contributed by atoms with Crippen molar-refractivity contribution in [2.24, 2.45) is 5.73 Å². The Morgan fingerprint density at radius 2 is 2.10 bits per heavy atom. The average molecular weight is 351 g/mol. The summed E-state index contributed by atoms with van der Waals surface area (Å²) in [6, 6.07) is 7.84. The fourth-order valence-corrected chi connectivity index (χ4v) is 2.56. The number of aromatic nitrogens is 1. The zero-order valence-corrected chi connectivity index (χ0v) is 13.6. The van der Waals surface area contributed by atoms with E-state index < -0.39 is 0 Å². The van der Waals surface area contributed by atoms with Gasteiger partial charge >= 0.3 is 0 Å². The number of nitrogens with two attached hydrogens (primary N) is 1. The van der Waals surface area contributed by atoms with Crippen LogP contribution in [0.5, 0.6) is 11.5 Å². The second-order valence-electron chi connectivity index (χ2n) is 4.50. The second kappa shape index (κ2) is 8.00. The van der Waals surface area contributed by atoms with Crippen molar-refractivity contribution in [1.82, 2.24) is 4.98 Å². The molecule has 0 radical (unpaired) electrons. The molecule has 0 saturated heterocycles. The molecule has 0 aliphatic rings. The van der Waals surface area contributed by atoms with E-state index in [1.54, 1.807) is 6.20 Å². The van der Waals surface area contributed by atoms with Crippen LogP contribution in [-0.2, 0) is 13.0 Å². The molecule has 0 aliphatic carbocycles. The summed E-state index contributed by atoms with van der Waals surface area (Å²) in [5.74, 6) is 1.44. The van der Waals surface area contributed by atoms with Crippen molar-refractivity contribution in [2.75, 3.05) is 13.2 Å². The molecule has 0 amide bonds. The summed E-state index contributed by atoms with van der Waals surface area (Å²) in [6.45, 7) is 3.56. The lowest BCUT2D eigenvalue weighted by Gasteiger charge is -2.15. The SMILES string of the molecule is CCOc1cc(CN)cc(Br)c1OCCc1cccnc1. The summed E-state index contributed by atoms with van der Waals surface area (Å²) >= 11 is 3.52. The largest absolute Gasteiger partial charge is 0.490 e. The van der Waals surface area contributed by atoms with Crippen LogP contribution in [0.3, 0.4) is 0 Å². The molecule has 0 unspecified atom stereocenters. The van der Waals surface area contributed by atoms with Crippen LogP contribution in [0.4, 0.5) is 0 Å². The standard InChI is InChI=1S/C16H19BrN2O2/c1-2-20-15-9-13(10-18)8-14(17)16(15)21-7-5-12-4-3-6-19-11-12/h3-4,6,8-9,11H,2,5,7,10,18H2,1H3. The van der Waals surface area contributed by atoms with Gasteiger partial charge in [0.25, 0.3) is 0 Å². The van der Waals surface area contributed by atoms with Crippen LogP contribution >= 0.6 is 15.9 Å². The van der Waals surface area contributed by atoms with E-state index in [-0.39, 0.29) is 0 Å². The Kier molecular flexibility index (Phi) is 6.02. The molecule has 1 aromatic heterocycles. The van der Waals surface area contributed by atoms with Crippen molar-refractivity contribution in [3.8, 4) is 11.5 Å². The van der Waals surface area contributed by atoms with E-state index in [1.807, 2.05) is 37.4 Å². The van der Waals surface area contributed by atoms with Gasteiger partial charge in [-0.2, -0.15) is 0 Å². The number of hydrogen-bond acceptors (Lipinski definition) is 4. The van der Waals surface area contributed by atoms with Gasteiger partial charge in [-0.15, -0.1) is 0 Å². The van der Waals surface area contributed by atoms with E-state index in [0.29, 0.717) is 19.8 Å². The zero-order chi connectivity index (χ0) is 15.1. The topological polar surface area (TPSA) is 57.4 Å². The van der Waals surface area contributed by atoms with Gasteiger partial charge in [-0.25, -0.2) is 0 Å². The van der Waals surface area contributed by atoms with Crippen LogP contribution in [0.2, 0.25) is 0 Å². The maximum atomic E-state index is 5.88. The molecule has 2 aromatic rings. The highest BCUT2D eigenvalue weighted by Crippen LogP contribution is 2.36. The molecule has 2 rings (SSSR count). The Balaban J connectivity index is 2.07. The highest BCUT2D eigenvalue weighted by Gasteiger charge is 2.12. The lowest BCUT2D eigenvalue weighted by atomic mass is 10.2. The number of benzene rings is 1. The van der Waals surface area contributed by atoms with Crippen LogP contribution in [0.1, 0.15) is 18.1 Å². The molecular weight excluding hydrogens is 332 g/mol. The Labute approximate surface area is 133 Å². The predicted octanol–water partition coefficient (Wildman–Crippen LogP) is 3.32. The van der Waals surface area contributed by atoms with E-state index in [2.05, 4.69) is 20.9 Å². The van der Waals surface area contributed by atoms with Crippen LogP contribution in [0.15, 0.2) is 41.1 Å². The van der Waals surface area contributed by atoms with Gasteiger partial charge in [0.15, 0.2) is 11.5 Å². The summed E-state index contributed by atoms with van der Waals surface area (Å²) in [7, 11) is 0. The van der Waals surface area contributed by atoms with Crippen LogP contribution < -0.4 is 15.2 Å². The predicted molar refractivity (Wildman–Crippen MR) is 86.6 cm³/mol. The van der Waals surface area contributed by atoms with Crippen molar-refractivity contribution in [3.63, 3.8) is 0 Å². The van der Waals surface area contributed by atoms with Crippen LogP contribution in [0, 0.1) is 0 Å². The number of rotatable bonds is 7. The minimum atomic E-state index is 0.467. The van der Waals surface area contributed by atoms with E-state index in [4.69, 9.17) is 15.2 Å². The molecule has 0 spiro atoms. The molecule has 1 aromatic carbocycles. The third kappa shape index (κ3) is 4.44. The summed E-state index contributed by atoms with van der Waals surface area (Å²) in [6.07, 6.45) is 4.41. The smallest absolute Gasteiger partial charge is 0.175 e. The van der Waals surface area contributed by atoms with Crippen molar-refractivity contribution in [1.29, 1.82) is 0 Å². The Hall–Kier alpha value is -1.59. The summed E-state index contributed by atoms with van der Waals surface area (Å²) in [5.41, 5.74) is 7.83. The van der Waals surface area contributed by atoms with Crippen molar-refractivity contribution in [3.05, 3.63) is 52.3 Å². The first-order valence-electron chi connectivity index (χ1n) is 6.91. The van der Waals surface area contributed by atoms with E-state index in [0.717, 1.165) is 33.5 Å². The molecule has 2 N–H and O–H groups in total. The van der Waals surface area contributed by atoms with Gasteiger partial charge in [0.2, 0.25) is 0 Å². The first-order valence-corrected chi connectivity index (χ1v) is 7.71. The number of ether oxygens (including phenoxy) is 2. The molecule has 0 aliphatic heterocycles. The minimum absolute atomic E-state index is 0.467. The molecule has 0 saturated carbocycles. The number of hydrogen-bond donors (Lipinski definition) is 1. The van der Waals surface area contributed by atoms with Gasteiger partial charge in [0.05, 0.1) is 17.7 Å². The van der Waals surface area contributed by atoms with E-state index in [1.165, 1.54) is 0 Å². The van der Waals surface area contributed by atoms with E-state index in [9.17, 15) is 0 Å². The van der Waals surface area contributed by atoms with Gasteiger partial charge in [0, 0.05) is 25.4 Å². The molecule has 21 heavy (non-hydrogen) atoms. The second-order valence-corrected chi connectivity index (χ2v) is 5.36. The third-order valence-electron chi connectivity index (χ3n) is 2.96. The van der Waals surface area contributed by atoms with Gasteiger partial charge < -0.3 is 15.2 Å². The van der Waals surface area contributed by atoms with Crippen LogP contribution in [-0.4, -0.2) is 18.2 Å². The quantitative estimate of drug-likeness (QED) is 0.831. The van der Waals surface area contributed by atoms with Crippen molar-refractivity contribution in [2.45, 2.75) is 19.9 Å². The molecule has 0 bridgehead atoms. The molecule has 4 nitrogen and oxygen atoms in total. The zero-order valence-electron chi connectivity index (χ0n) is 12.0. The normalized spacial score (nSPS) is 10.4. The first-order chi connectivity index (χ1) is 10.2. The molecule has 112 valence electrons. The fraction of sp³-hybridized carbons (Fsp3) is 0.312. The van der Waals surface area contributed by atoms with Crippen molar-refractivity contribution < 1.29 is 9.47 Å². The third-order valence-corrected chi connectivity index (χ3v) is 3.55. The molecule has 0 atom stereocenters. The first kappa shape index (κ1) is 15.8. The summed E-state index contributed by atoms with van der Waals surface area (Å²) in [5, 5.41) is 0.